The molecule has 9 nitrogen and oxygen atoms in total. The number of dihydropyridines is 1. The molecule has 0 unspecified atom stereocenters. The summed E-state index contributed by atoms with van der Waals surface area (Å²) in [6, 6.07) is 7.51. The highest BCUT2D eigenvalue weighted by Crippen LogP contribution is 2.25. The zero-order valence-corrected chi connectivity index (χ0v) is 18.9. The van der Waals surface area contributed by atoms with E-state index in [2.05, 4.69) is 25.6 Å². The molecule has 0 saturated carbocycles. The maximum Gasteiger partial charge on any atom is 0.249 e. The third kappa shape index (κ3) is 6.64. The van der Waals surface area contributed by atoms with Gasteiger partial charge in [0.1, 0.15) is 0 Å². The van der Waals surface area contributed by atoms with E-state index in [0.717, 1.165) is 49.9 Å². The van der Waals surface area contributed by atoms with Crippen LogP contribution >= 0.6 is 0 Å². The minimum atomic E-state index is -0.176. The van der Waals surface area contributed by atoms with Gasteiger partial charge in [-0.15, -0.1) is 0 Å². The number of carbonyl (C=O) groups is 2. The number of rotatable bonds is 9. The topological polar surface area (TPSA) is 118 Å². The molecule has 9 heteroatoms. The van der Waals surface area contributed by atoms with E-state index in [0.29, 0.717) is 36.2 Å². The lowest BCUT2D eigenvalue weighted by molar-refractivity contribution is -0.117. The first-order valence-electron chi connectivity index (χ1n) is 11.5. The second kappa shape index (κ2) is 11.9. The van der Waals surface area contributed by atoms with Gasteiger partial charge in [-0.05, 0) is 48.9 Å². The van der Waals surface area contributed by atoms with E-state index < -0.39 is 0 Å². The van der Waals surface area contributed by atoms with Gasteiger partial charge in [-0.3, -0.25) is 19.6 Å². The molecule has 2 aromatic rings. The summed E-state index contributed by atoms with van der Waals surface area (Å²) in [5.74, 6) is 1.23. The Morgan fingerprint density at radius 1 is 1.24 bits per heavy atom. The van der Waals surface area contributed by atoms with E-state index >= 15 is 0 Å². The zero-order valence-electron chi connectivity index (χ0n) is 18.9. The molecule has 2 aromatic heterocycles. The van der Waals surface area contributed by atoms with E-state index in [1.165, 1.54) is 6.21 Å². The monoisotopic (exact) mass is 460 g/mol. The highest BCUT2D eigenvalue weighted by molar-refractivity contribution is 6.33. The van der Waals surface area contributed by atoms with Gasteiger partial charge in [-0.2, -0.15) is 0 Å². The first kappa shape index (κ1) is 23.4. The van der Waals surface area contributed by atoms with Crippen LogP contribution in [0.5, 0.6) is 0 Å². The summed E-state index contributed by atoms with van der Waals surface area (Å²) >= 11 is 0. The molecule has 0 bridgehead atoms. The summed E-state index contributed by atoms with van der Waals surface area (Å²) in [7, 11) is 0. The molecule has 0 radical (unpaired) electrons. The number of nitrogens with zero attached hydrogens (tertiary/aromatic N) is 4. The lowest BCUT2D eigenvalue weighted by atomic mass is 9.97. The number of carbonyl (C=O) groups excluding carboxylic acids is 2. The predicted octanol–water partition coefficient (Wildman–Crippen LogP) is 3.30. The molecule has 0 atom stereocenters. The summed E-state index contributed by atoms with van der Waals surface area (Å²) in [5, 5.41) is 6.44. The van der Waals surface area contributed by atoms with E-state index in [-0.39, 0.29) is 18.2 Å². The second-order valence-electron chi connectivity index (χ2n) is 8.18. The van der Waals surface area contributed by atoms with Crippen molar-refractivity contribution in [2.24, 2.45) is 15.9 Å². The van der Waals surface area contributed by atoms with Crippen LogP contribution in [0.15, 0.2) is 52.7 Å². The van der Waals surface area contributed by atoms with Crippen LogP contribution in [0.4, 0.5) is 11.5 Å². The second-order valence-corrected chi connectivity index (χ2v) is 8.18. The fourth-order valence-electron chi connectivity index (χ4n) is 3.81. The summed E-state index contributed by atoms with van der Waals surface area (Å²) in [5.41, 5.74) is 3.08. The third-order valence-electron chi connectivity index (χ3n) is 5.75. The Bertz CT molecular complexity index is 1090. The Morgan fingerprint density at radius 2 is 2.12 bits per heavy atom. The van der Waals surface area contributed by atoms with Crippen LogP contribution in [0, 0.1) is 5.92 Å². The average molecular weight is 461 g/mol. The molecule has 4 heterocycles. The third-order valence-corrected chi connectivity index (χ3v) is 5.75. The Hall–Kier alpha value is -3.72. The van der Waals surface area contributed by atoms with E-state index in [9.17, 15) is 9.59 Å². The lowest BCUT2D eigenvalue weighted by Crippen LogP contribution is -2.19. The van der Waals surface area contributed by atoms with Gasteiger partial charge < -0.3 is 15.4 Å². The van der Waals surface area contributed by atoms with Crippen LogP contribution in [0.3, 0.4) is 0 Å². The molecule has 0 aromatic carbocycles. The molecule has 1 fully saturated rings. The minimum Gasteiger partial charge on any atom is -0.381 e. The van der Waals surface area contributed by atoms with Gasteiger partial charge in [0.2, 0.25) is 5.91 Å². The molecule has 2 aliphatic heterocycles. The smallest absolute Gasteiger partial charge is 0.249 e. The number of hydrogen-bond acceptors (Lipinski definition) is 7. The first-order valence-corrected chi connectivity index (χ1v) is 11.5. The SMILES string of the molecule is O=CC(=NCCC1CCOCC1)Nc1ccc(C2=CCC(=O)N=C2)nc1NCc1cccnc1. The summed E-state index contributed by atoms with van der Waals surface area (Å²) < 4.78 is 5.40. The number of aldehydes is 1. The summed E-state index contributed by atoms with van der Waals surface area (Å²) in [6.07, 6.45) is 10.8. The van der Waals surface area contributed by atoms with Crippen LogP contribution < -0.4 is 10.6 Å². The van der Waals surface area contributed by atoms with Gasteiger partial charge in [0, 0.05) is 56.9 Å². The van der Waals surface area contributed by atoms with Crippen LogP contribution in [0.25, 0.3) is 5.57 Å². The number of amidine groups is 1. The molecular weight excluding hydrogens is 432 g/mol. The van der Waals surface area contributed by atoms with Gasteiger partial charge >= 0.3 is 0 Å². The van der Waals surface area contributed by atoms with Crippen LogP contribution in [0.1, 0.15) is 36.9 Å². The van der Waals surface area contributed by atoms with Crippen molar-refractivity contribution in [3.05, 3.63) is 54.0 Å². The van der Waals surface area contributed by atoms with Gasteiger partial charge in [0.25, 0.3) is 0 Å². The Labute approximate surface area is 198 Å². The number of allylic oxidation sites excluding steroid dienone is 1. The average Bonchev–Trinajstić information content (AvgIpc) is 2.89. The molecule has 176 valence electrons. The molecule has 0 aliphatic carbocycles. The molecule has 34 heavy (non-hydrogen) atoms. The minimum absolute atomic E-state index is 0.176. The highest BCUT2D eigenvalue weighted by Gasteiger charge is 2.15. The lowest BCUT2D eigenvalue weighted by Gasteiger charge is -2.21. The van der Waals surface area contributed by atoms with Crippen LogP contribution in [-0.2, 0) is 20.9 Å². The van der Waals surface area contributed by atoms with Crippen molar-refractivity contribution in [3.8, 4) is 0 Å². The predicted molar refractivity (Wildman–Crippen MR) is 132 cm³/mol. The maximum absolute atomic E-state index is 11.7. The van der Waals surface area contributed by atoms with Crippen molar-refractivity contribution in [3.63, 3.8) is 0 Å². The number of nitrogens with one attached hydrogen (secondary N) is 2. The molecule has 1 saturated heterocycles. The number of aromatic nitrogens is 2. The normalized spacial score (nSPS) is 16.8. The number of ether oxygens (including phenoxy) is 1. The van der Waals surface area contributed by atoms with Gasteiger partial charge in [-0.25, -0.2) is 9.98 Å². The van der Waals surface area contributed by atoms with Crippen molar-refractivity contribution in [2.45, 2.75) is 32.2 Å². The highest BCUT2D eigenvalue weighted by atomic mass is 16.5. The molecule has 4 rings (SSSR count). The van der Waals surface area contributed by atoms with E-state index in [1.54, 1.807) is 12.4 Å². The fourth-order valence-corrected chi connectivity index (χ4v) is 3.81. The number of hydrogen-bond donors (Lipinski definition) is 2. The van der Waals surface area contributed by atoms with Crippen molar-refractivity contribution in [1.82, 2.24) is 9.97 Å². The van der Waals surface area contributed by atoms with Crippen molar-refractivity contribution in [1.29, 1.82) is 0 Å². The molecule has 2 N–H and O–H groups in total. The standard InChI is InChI=1S/C25H28N6O3/c32-17-23(27-11-7-18-8-12-34-13-9-18)30-22-5-4-21(20-3-6-24(33)28-16-20)31-25(22)29-15-19-2-1-10-26-14-19/h1-5,10,14,16-18H,6-9,11-13,15H2,(H,27,30)(H,29,31). The zero-order chi connectivity index (χ0) is 23.6. The van der Waals surface area contributed by atoms with Crippen molar-refractivity contribution < 1.29 is 14.3 Å². The Balaban J connectivity index is 1.50. The Kier molecular flexibility index (Phi) is 8.23. The van der Waals surface area contributed by atoms with Crippen molar-refractivity contribution >= 4 is 41.3 Å². The number of amides is 1. The van der Waals surface area contributed by atoms with E-state index in [1.807, 2.05) is 30.3 Å². The number of pyridine rings is 2. The maximum atomic E-state index is 11.7. The molecule has 1 amide bonds. The van der Waals surface area contributed by atoms with Crippen molar-refractivity contribution in [2.75, 3.05) is 30.4 Å². The van der Waals surface area contributed by atoms with Gasteiger partial charge in [0.05, 0.1) is 11.4 Å². The van der Waals surface area contributed by atoms with Crippen LogP contribution in [-0.4, -0.2) is 54.0 Å². The summed E-state index contributed by atoms with van der Waals surface area (Å²) in [4.78, 5) is 40.3. The molecular formula is C25H28N6O3. The van der Waals surface area contributed by atoms with Gasteiger partial charge in [0.15, 0.2) is 17.9 Å². The first-order chi connectivity index (χ1) is 16.7. The van der Waals surface area contributed by atoms with E-state index in [4.69, 9.17) is 9.72 Å². The molecule has 0 spiro atoms. The van der Waals surface area contributed by atoms with Gasteiger partial charge in [-0.1, -0.05) is 12.1 Å². The summed E-state index contributed by atoms with van der Waals surface area (Å²) in [6.45, 7) is 2.67. The number of aliphatic imine (C=N–C) groups is 2. The van der Waals surface area contributed by atoms with Crippen LogP contribution in [0.2, 0.25) is 0 Å². The Morgan fingerprint density at radius 3 is 2.85 bits per heavy atom. The largest absolute Gasteiger partial charge is 0.381 e. The molecule has 2 aliphatic rings. The fraction of sp³-hybridized carbons (Fsp3) is 0.360. The quantitative estimate of drug-likeness (QED) is 0.335. The number of anilines is 2.